The van der Waals surface area contributed by atoms with Crippen molar-refractivity contribution >= 4 is 35.6 Å². The Bertz CT molecular complexity index is 649. The van der Waals surface area contributed by atoms with Gasteiger partial charge in [-0.25, -0.2) is 4.99 Å². The highest BCUT2D eigenvalue weighted by Gasteiger charge is 1.99. The maximum atomic E-state index is 5.25. The largest absolute Gasteiger partial charge is 0.497 e. The molecule has 0 saturated heterocycles. The van der Waals surface area contributed by atoms with E-state index in [4.69, 9.17) is 4.74 Å². The molecule has 26 heavy (non-hydrogen) atoms. The fraction of sp³-hybridized carbons (Fsp3) is 0.350. The predicted octanol–water partition coefficient (Wildman–Crippen LogP) is 3.87. The Morgan fingerprint density at radius 3 is 2.54 bits per heavy atom. The number of nitrogens with zero attached hydrogens (tertiary/aromatic N) is 1. The first-order chi connectivity index (χ1) is 12.3. The topological polar surface area (TPSA) is 57.7 Å². The number of halogens is 1. The quantitative estimate of drug-likeness (QED) is 0.226. The van der Waals surface area contributed by atoms with E-state index in [-0.39, 0.29) is 24.0 Å². The zero-order valence-corrected chi connectivity index (χ0v) is 17.8. The molecule has 0 fully saturated rings. The van der Waals surface area contributed by atoms with E-state index in [0.717, 1.165) is 49.0 Å². The van der Waals surface area contributed by atoms with Gasteiger partial charge in [0.25, 0.3) is 0 Å². The second-order valence-electron chi connectivity index (χ2n) is 5.62. The van der Waals surface area contributed by atoms with Crippen molar-refractivity contribution in [3.63, 3.8) is 0 Å². The highest BCUT2D eigenvalue weighted by molar-refractivity contribution is 14.0. The maximum Gasteiger partial charge on any atom is 0.191 e. The highest BCUT2D eigenvalue weighted by atomic mass is 127. The van der Waals surface area contributed by atoms with Gasteiger partial charge < -0.3 is 20.7 Å². The Labute approximate surface area is 173 Å². The number of ether oxygens (including phenoxy) is 1. The summed E-state index contributed by atoms with van der Waals surface area (Å²) in [5.41, 5.74) is 2.28. The summed E-state index contributed by atoms with van der Waals surface area (Å²) in [7, 11) is 1.68. The van der Waals surface area contributed by atoms with E-state index in [1.165, 1.54) is 0 Å². The number of aliphatic imine (C=N–C) groups is 1. The summed E-state index contributed by atoms with van der Waals surface area (Å²) in [6.07, 6.45) is 1.01. The number of anilines is 1. The van der Waals surface area contributed by atoms with Gasteiger partial charge in [0.2, 0.25) is 0 Å². The molecule has 142 valence electrons. The minimum atomic E-state index is 0. The standard InChI is InChI=1S/C20H28N4O.HI/c1-3-21-20(24-16-17-9-7-12-19(15-17)25-2)23-14-8-13-22-18-10-5-4-6-11-18;/h4-7,9-12,15,22H,3,8,13-14,16H2,1-2H3,(H2,21,23,24);1H. The van der Waals surface area contributed by atoms with Crippen molar-refractivity contribution in [3.05, 3.63) is 60.2 Å². The van der Waals surface area contributed by atoms with Gasteiger partial charge in [-0.3, -0.25) is 0 Å². The molecule has 0 radical (unpaired) electrons. The van der Waals surface area contributed by atoms with E-state index in [0.29, 0.717) is 6.54 Å². The molecule has 0 bridgehead atoms. The van der Waals surface area contributed by atoms with E-state index in [1.807, 2.05) is 36.4 Å². The Balaban J connectivity index is 0.00000338. The van der Waals surface area contributed by atoms with Crippen LogP contribution in [0.3, 0.4) is 0 Å². The monoisotopic (exact) mass is 468 g/mol. The fourth-order valence-corrected chi connectivity index (χ4v) is 2.37. The Kier molecular flexibility index (Phi) is 11.3. The zero-order valence-electron chi connectivity index (χ0n) is 15.5. The summed E-state index contributed by atoms with van der Waals surface area (Å²) in [6.45, 7) is 5.32. The second-order valence-corrected chi connectivity index (χ2v) is 5.62. The third kappa shape index (κ3) is 8.42. The molecule has 2 aromatic rings. The van der Waals surface area contributed by atoms with Crippen molar-refractivity contribution in [1.82, 2.24) is 10.6 Å². The van der Waals surface area contributed by atoms with Gasteiger partial charge in [0.15, 0.2) is 5.96 Å². The van der Waals surface area contributed by atoms with Crippen LogP contribution in [-0.2, 0) is 6.54 Å². The van der Waals surface area contributed by atoms with Crippen LogP contribution in [0.5, 0.6) is 5.75 Å². The first-order valence-electron chi connectivity index (χ1n) is 8.76. The van der Waals surface area contributed by atoms with Gasteiger partial charge in [0, 0.05) is 25.3 Å². The molecule has 2 rings (SSSR count). The van der Waals surface area contributed by atoms with Crippen LogP contribution in [0.1, 0.15) is 18.9 Å². The molecule has 5 nitrogen and oxygen atoms in total. The van der Waals surface area contributed by atoms with Crippen molar-refractivity contribution in [3.8, 4) is 5.75 Å². The van der Waals surface area contributed by atoms with Crippen LogP contribution in [0.25, 0.3) is 0 Å². The van der Waals surface area contributed by atoms with E-state index in [1.54, 1.807) is 7.11 Å². The summed E-state index contributed by atoms with van der Waals surface area (Å²) in [5, 5.41) is 10.1. The van der Waals surface area contributed by atoms with Crippen molar-refractivity contribution in [2.75, 3.05) is 32.1 Å². The van der Waals surface area contributed by atoms with Crippen LogP contribution in [0.2, 0.25) is 0 Å². The third-order valence-corrected chi connectivity index (χ3v) is 3.65. The van der Waals surface area contributed by atoms with E-state index in [9.17, 15) is 0 Å². The lowest BCUT2D eigenvalue weighted by Crippen LogP contribution is -2.38. The molecule has 0 aliphatic carbocycles. The first kappa shape index (κ1) is 22.1. The van der Waals surface area contributed by atoms with Crippen molar-refractivity contribution in [2.24, 2.45) is 4.99 Å². The molecule has 0 aliphatic heterocycles. The van der Waals surface area contributed by atoms with Crippen molar-refractivity contribution in [2.45, 2.75) is 19.9 Å². The number of rotatable bonds is 9. The summed E-state index contributed by atoms with van der Waals surface area (Å²) in [4.78, 5) is 4.63. The molecule has 0 aromatic heterocycles. The molecular formula is C20H29IN4O. The molecule has 0 atom stereocenters. The minimum absolute atomic E-state index is 0. The molecule has 3 N–H and O–H groups in total. The van der Waals surface area contributed by atoms with E-state index < -0.39 is 0 Å². The van der Waals surface area contributed by atoms with Crippen LogP contribution < -0.4 is 20.7 Å². The molecule has 6 heteroatoms. The fourth-order valence-electron chi connectivity index (χ4n) is 2.37. The lowest BCUT2D eigenvalue weighted by molar-refractivity contribution is 0.414. The zero-order chi connectivity index (χ0) is 17.7. The second kappa shape index (κ2) is 13.3. The number of para-hydroxylation sites is 1. The lowest BCUT2D eigenvalue weighted by atomic mass is 10.2. The number of guanidine groups is 1. The maximum absolute atomic E-state index is 5.25. The van der Waals surface area contributed by atoms with Gasteiger partial charge in [0.1, 0.15) is 5.75 Å². The average molecular weight is 468 g/mol. The number of nitrogens with one attached hydrogen (secondary N) is 3. The number of hydrogen-bond donors (Lipinski definition) is 3. The molecule has 2 aromatic carbocycles. The number of benzene rings is 2. The highest BCUT2D eigenvalue weighted by Crippen LogP contribution is 2.13. The molecule has 0 saturated carbocycles. The molecule has 0 unspecified atom stereocenters. The van der Waals surface area contributed by atoms with E-state index >= 15 is 0 Å². The Morgan fingerprint density at radius 1 is 1.00 bits per heavy atom. The van der Waals surface area contributed by atoms with Gasteiger partial charge in [-0.1, -0.05) is 30.3 Å². The van der Waals surface area contributed by atoms with Crippen LogP contribution in [0, 0.1) is 0 Å². The molecule has 0 amide bonds. The van der Waals surface area contributed by atoms with Gasteiger partial charge in [-0.2, -0.15) is 0 Å². The normalized spacial score (nSPS) is 10.6. The SMILES string of the molecule is CCNC(=NCc1cccc(OC)c1)NCCCNc1ccccc1.I. The molecular weight excluding hydrogens is 439 g/mol. The summed E-state index contributed by atoms with van der Waals surface area (Å²) < 4.78 is 5.25. The summed E-state index contributed by atoms with van der Waals surface area (Å²) >= 11 is 0. The molecule has 0 heterocycles. The van der Waals surface area contributed by atoms with Gasteiger partial charge >= 0.3 is 0 Å². The average Bonchev–Trinajstić information content (AvgIpc) is 2.66. The minimum Gasteiger partial charge on any atom is -0.497 e. The first-order valence-corrected chi connectivity index (χ1v) is 8.76. The van der Waals surface area contributed by atoms with Crippen molar-refractivity contribution < 1.29 is 4.74 Å². The summed E-state index contributed by atoms with van der Waals surface area (Å²) in [6, 6.07) is 18.2. The smallest absolute Gasteiger partial charge is 0.191 e. The predicted molar refractivity (Wildman–Crippen MR) is 121 cm³/mol. The van der Waals surface area contributed by atoms with Crippen LogP contribution in [0.4, 0.5) is 5.69 Å². The van der Waals surface area contributed by atoms with Crippen LogP contribution >= 0.6 is 24.0 Å². The summed E-state index contributed by atoms with van der Waals surface area (Å²) in [5.74, 6) is 1.70. The van der Waals surface area contributed by atoms with Gasteiger partial charge in [-0.05, 0) is 43.2 Å². The van der Waals surface area contributed by atoms with Crippen LogP contribution in [0.15, 0.2) is 59.6 Å². The third-order valence-electron chi connectivity index (χ3n) is 3.65. The van der Waals surface area contributed by atoms with Gasteiger partial charge in [0.05, 0.1) is 13.7 Å². The van der Waals surface area contributed by atoms with Gasteiger partial charge in [-0.15, -0.1) is 24.0 Å². The molecule has 0 aliphatic rings. The Hall–Kier alpha value is -1.96. The number of hydrogen-bond acceptors (Lipinski definition) is 3. The van der Waals surface area contributed by atoms with Crippen LogP contribution in [-0.4, -0.2) is 32.7 Å². The van der Waals surface area contributed by atoms with E-state index in [2.05, 4.69) is 46.1 Å². The lowest BCUT2D eigenvalue weighted by Gasteiger charge is -2.12. The Morgan fingerprint density at radius 2 is 1.81 bits per heavy atom. The number of methoxy groups -OCH3 is 1. The molecule has 0 spiro atoms. The van der Waals surface area contributed by atoms with Crippen molar-refractivity contribution in [1.29, 1.82) is 0 Å².